The highest BCUT2D eigenvalue weighted by Crippen LogP contribution is 2.27. The summed E-state index contributed by atoms with van der Waals surface area (Å²) in [4.78, 5) is 24.7. The molecule has 0 spiro atoms. The number of benzene rings is 3. The Balaban J connectivity index is 1.48. The fraction of sp³-hybridized carbons (Fsp3) is 0.250. The molecule has 8 nitrogen and oxygen atoms in total. The minimum Gasteiger partial charge on any atom is -0.384 e. The SMILES string of the molecule is N=C(N)c1ccc2cc(C(=O)NC3CCC(NC(N)=O)CC3)n(Cc3cccc4ccccc34)c2c1. The second-order valence-corrected chi connectivity index (χ2v) is 9.47. The van der Waals surface area contributed by atoms with Crippen LogP contribution in [0.4, 0.5) is 4.79 Å². The summed E-state index contributed by atoms with van der Waals surface area (Å²) < 4.78 is 2.01. The highest BCUT2D eigenvalue weighted by molar-refractivity contribution is 6.02. The number of hydrogen-bond acceptors (Lipinski definition) is 3. The number of rotatable bonds is 6. The summed E-state index contributed by atoms with van der Waals surface area (Å²) in [7, 11) is 0. The van der Waals surface area contributed by atoms with Gasteiger partial charge in [-0.3, -0.25) is 10.2 Å². The van der Waals surface area contributed by atoms with Crippen molar-refractivity contribution in [3.63, 3.8) is 0 Å². The van der Waals surface area contributed by atoms with E-state index < -0.39 is 6.03 Å². The second kappa shape index (κ2) is 9.73. The lowest BCUT2D eigenvalue weighted by Crippen LogP contribution is -2.45. The molecule has 0 bridgehead atoms. The Bertz CT molecular complexity index is 1460. The lowest BCUT2D eigenvalue weighted by Gasteiger charge is -2.29. The van der Waals surface area contributed by atoms with E-state index in [2.05, 4.69) is 34.9 Å². The molecule has 1 aliphatic rings. The van der Waals surface area contributed by atoms with E-state index in [1.54, 1.807) is 0 Å². The molecule has 0 unspecified atom stereocenters. The predicted octanol–water partition coefficient (Wildman–Crippen LogP) is 3.84. The zero-order valence-electron chi connectivity index (χ0n) is 20.0. The maximum atomic E-state index is 13.5. The van der Waals surface area contributed by atoms with Crippen molar-refractivity contribution in [1.29, 1.82) is 5.41 Å². The first-order valence-electron chi connectivity index (χ1n) is 12.2. The maximum Gasteiger partial charge on any atom is 0.312 e. The number of hydrogen-bond donors (Lipinski definition) is 5. The summed E-state index contributed by atoms with van der Waals surface area (Å²) in [6.07, 6.45) is 3.09. The van der Waals surface area contributed by atoms with Crippen LogP contribution in [0, 0.1) is 5.41 Å². The molecule has 1 fully saturated rings. The van der Waals surface area contributed by atoms with Crippen molar-refractivity contribution in [2.45, 2.75) is 44.3 Å². The van der Waals surface area contributed by atoms with Crippen molar-refractivity contribution >= 4 is 39.4 Å². The normalized spacial score (nSPS) is 17.7. The third-order valence-corrected chi connectivity index (χ3v) is 7.07. The number of fused-ring (bicyclic) bond motifs is 2. The Morgan fingerprint density at radius 2 is 1.56 bits per heavy atom. The van der Waals surface area contributed by atoms with Crippen LogP contribution in [0.25, 0.3) is 21.7 Å². The van der Waals surface area contributed by atoms with Crippen LogP contribution in [0.1, 0.15) is 47.3 Å². The largest absolute Gasteiger partial charge is 0.384 e. The molecule has 1 heterocycles. The number of amides is 3. The number of carbonyl (C=O) groups is 2. The molecule has 184 valence electrons. The molecule has 0 aliphatic heterocycles. The number of nitrogens with one attached hydrogen (secondary N) is 3. The van der Waals surface area contributed by atoms with Crippen molar-refractivity contribution < 1.29 is 9.59 Å². The fourth-order valence-corrected chi connectivity index (χ4v) is 5.22. The molecule has 4 aromatic rings. The van der Waals surface area contributed by atoms with Crippen LogP contribution >= 0.6 is 0 Å². The zero-order valence-corrected chi connectivity index (χ0v) is 20.0. The van der Waals surface area contributed by atoms with Gasteiger partial charge in [-0.05, 0) is 54.2 Å². The molecule has 0 saturated heterocycles. The van der Waals surface area contributed by atoms with Gasteiger partial charge in [0.2, 0.25) is 0 Å². The molecule has 0 radical (unpaired) electrons. The number of urea groups is 1. The van der Waals surface area contributed by atoms with Gasteiger partial charge in [-0.25, -0.2) is 4.79 Å². The van der Waals surface area contributed by atoms with Crippen LogP contribution in [0.5, 0.6) is 0 Å². The highest BCUT2D eigenvalue weighted by atomic mass is 16.2. The first-order valence-corrected chi connectivity index (χ1v) is 12.2. The van der Waals surface area contributed by atoms with E-state index in [0.717, 1.165) is 52.9 Å². The fourth-order valence-electron chi connectivity index (χ4n) is 5.22. The molecule has 1 aliphatic carbocycles. The topological polar surface area (TPSA) is 139 Å². The quantitative estimate of drug-likeness (QED) is 0.211. The number of aromatic nitrogens is 1. The van der Waals surface area contributed by atoms with Crippen LogP contribution in [-0.4, -0.2) is 34.4 Å². The van der Waals surface area contributed by atoms with Gasteiger partial charge in [-0.15, -0.1) is 0 Å². The van der Waals surface area contributed by atoms with Gasteiger partial charge >= 0.3 is 6.03 Å². The van der Waals surface area contributed by atoms with E-state index in [4.69, 9.17) is 16.9 Å². The van der Waals surface area contributed by atoms with Crippen LogP contribution < -0.4 is 22.1 Å². The molecular formula is C28H30N6O2. The minimum atomic E-state index is -0.509. The van der Waals surface area contributed by atoms with Crippen molar-refractivity contribution in [3.8, 4) is 0 Å². The van der Waals surface area contributed by atoms with Crippen molar-refractivity contribution in [2.75, 3.05) is 0 Å². The molecule has 3 amide bonds. The molecular weight excluding hydrogens is 452 g/mol. The predicted molar refractivity (Wildman–Crippen MR) is 142 cm³/mol. The van der Waals surface area contributed by atoms with Crippen molar-refractivity contribution in [3.05, 3.63) is 83.6 Å². The van der Waals surface area contributed by atoms with E-state index >= 15 is 0 Å². The van der Waals surface area contributed by atoms with Gasteiger partial charge in [-0.1, -0.05) is 54.6 Å². The monoisotopic (exact) mass is 482 g/mol. The summed E-state index contributed by atoms with van der Waals surface area (Å²) in [5.41, 5.74) is 14.2. The van der Waals surface area contributed by atoms with Crippen LogP contribution in [0.3, 0.4) is 0 Å². The van der Waals surface area contributed by atoms with Crippen LogP contribution in [0.2, 0.25) is 0 Å². The van der Waals surface area contributed by atoms with Crippen molar-refractivity contribution in [2.24, 2.45) is 11.5 Å². The standard InChI is InChI=1S/C28H30N6O2/c29-26(30)19-9-8-18-14-25(27(35)32-21-10-12-22(13-11-21)33-28(31)36)34(24(18)15-19)16-20-6-3-5-17-4-1-2-7-23(17)20/h1-9,14-15,21-22H,10-13,16H2,(H3,29,30)(H,32,35)(H3,31,33,36). The maximum absolute atomic E-state index is 13.5. The first kappa shape index (κ1) is 23.4. The number of carbonyl (C=O) groups excluding carboxylic acids is 2. The molecule has 7 N–H and O–H groups in total. The number of amidine groups is 1. The summed E-state index contributed by atoms with van der Waals surface area (Å²) in [6, 6.07) is 21.5. The molecule has 5 rings (SSSR count). The highest BCUT2D eigenvalue weighted by Gasteiger charge is 2.25. The molecule has 0 atom stereocenters. The molecule has 8 heteroatoms. The molecule has 1 saturated carbocycles. The van der Waals surface area contributed by atoms with E-state index in [0.29, 0.717) is 17.8 Å². The summed E-state index contributed by atoms with van der Waals surface area (Å²) >= 11 is 0. The van der Waals surface area contributed by atoms with E-state index in [1.165, 1.54) is 0 Å². The van der Waals surface area contributed by atoms with Gasteiger partial charge in [0.25, 0.3) is 5.91 Å². The average Bonchev–Trinajstić information content (AvgIpc) is 3.23. The van der Waals surface area contributed by atoms with E-state index in [1.807, 2.05) is 47.0 Å². The number of primary amides is 1. The number of nitrogens with two attached hydrogens (primary N) is 2. The Morgan fingerprint density at radius 1 is 0.861 bits per heavy atom. The molecule has 3 aromatic carbocycles. The van der Waals surface area contributed by atoms with Crippen LogP contribution in [0.15, 0.2) is 66.7 Å². The minimum absolute atomic E-state index is 0.0119. The van der Waals surface area contributed by atoms with Gasteiger partial charge in [0.05, 0.1) is 0 Å². The number of nitrogens with zero attached hydrogens (tertiary/aromatic N) is 1. The second-order valence-electron chi connectivity index (χ2n) is 9.47. The third kappa shape index (κ3) is 4.75. The smallest absolute Gasteiger partial charge is 0.312 e. The Morgan fingerprint density at radius 3 is 2.28 bits per heavy atom. The van der Waals surface area contributed by atoms with Crippen molar-refractivity contribution in [1.82, 2.24) is 15.2 Å². The molecule has 36 heavy (non-hydrogen) atoms. The summed E-state index contributed by atoms with van der Waals surface area (Å²) in [5, 5.41) is 17.0. The van der Waals surface area contributed by atoms with E-state index in [9.17, 15) is 9.59 Å². The molecule has 1 aromatic heterocycles. The summed E-state index contributed by atoms with van der Waals surface area (Å²) in [5.74, 6) is -0.149. The van der Waals surface area contributed by atoms with E-state index in [-0.39, 0.29) is 23.8 Å². The zero-order chi connectivity index (χ0) is 25.2. The van der Waals surface area contributed by atoms with Gasteiger partial charge in [0.1, 0.15) is 11.5 Å². The first-order chi connectivity index (χ1) is 17.4. The van der Waals surface area contributed by atoms with Crippen LogP contribution in [-0.2, 0) is 6.54 Å². The lowest BCUT2D eigenvalue weighted by atomic mass is 9.91. The third-order valence-electron chi connectivity index (χ3n) is 7.07. The van der Waals surface area contributed by atoms with Gasteiger partial charge in [0, 0.05) is 35.1 Å². The lowest BCUT2D eigenvalue weighted by molar-refractivity contribution is 0.0916. The Kier molecular flexibility index (Phi) is 6.33. The van der Waals surface area contributed by atoms with Gasteiger partial charge < -0.3 is 26.7 Å². The average molecular weight is 483 g/mol. The Hall–Kier alpha value is -4.33. The summed E-state index contributed by atoms with van der Waals surface area (Å²) in [6.45, 7) is 0.504. The van der Waals surface area contributed by atoms with Gasteiger partial charge in [-0.2, -0.15) is 0 Å². The number of nitrogen functional groups attached to an aromatic ring is 1. The van der Waals surface area contributed by atoms with Gasteiger partial charge in [0.15, 0.2) is 0 Å². The Labute approximate surface area is 209 Å².